The van der Waals surface area contributed by atoms with Gasteiger partial charge in [0.25, 0.3) is 11.8 Å². The zero-order chi connectivity index (χ0) is 25.4. The third kappa shape index (κ3) is 4.48. The molecule has 2 amide bonds. The van der Waals surface area contributed by atoms with E-state index in [1.807, 2.05) is 36.1 Å². The number of piperidine rings is 2. The number of rotatable bonds is 5. The van der Waals surface area contributed by atoms with Crippen molar-refractivity contribution in [2.45, 2.75) is 51.1 Å². The van der Waals surface area contributed by atoms with E-state index in [0.717, 1.165) is 42.3 Å². The summed E-state index contributed by atoms with van der Waals surface area (Å²) in [6.07, 6.45) is 3.34. The van der Waals surface area contributed by atoms with Crippen molar-refractivity contribution in [2.75, 3.05) is 45.1 Å². The summed E-state index contributed by atoms with van der Waals surface area (Å²) in [6, 6.07) is 8.17. The molecule has 4 heterocycles. The lowest BCUT2D eigenvalue weighted by Gasteiger charge is -2.44. The fourth-order valence-electron chi connectivity index (χ4n) is 5.88. The van der Waals surface area contributed by atoms with Gasteiger partial charge in [-0.25, -0.2) is 0 Å². The van der Waals surface area contributed by atoms with E-state index in [1.165, 1.54) is 18.3 Å². The highest BCUT2D eigenvalue weighted by Crippen LogP contribution is 2.36. The molecule has 3 aliphatic heterocycles. The normalized spacial score (nSPS) is 23.5. The van der Waals surface area contributed by atoms with Crippen LogP contribution in [0.3, 0.4) is 0 Å². The minimum atomic E-state index is -0.754. The van der Waals surface area contributed by atoms with Crippen molar-refractivity contribution in [1.29, 1.82) is 0 Å². The van der Waals surface area contributed by atoms with Crippen LogP contribution in [0.2, 0.25) is 0 Å². The van der Waals surface area contributed by atoms with Gasteiger partial charge in [0, 0.05) is 42.7 Å². The largest absolute Gasteiger partial charge is 0.464 e. The van der Waals surface area contributed by atoms with Crippen LogP contribution in [0, 0.1) is 0 Å². The molecule has 1 spiro atoms. The average Bonchev–Trinajstić information content (AvgIpc) is 3.31. The van der Waals surface area contributed by atoms with Gasteiger partial charge in [-0.15, -0.1) is 11.3 Å². The molecule has 0 aliphatic carbocycles. The Balaban J connectivity index is 1.22. The third-order valence-electron chi connectivity index (χ3n) is 7.63. The second-order valence-electron chi connectivity index (χ2n) is 9.92. The van der Waals surface area contributed by atoms with Crippen LogP contribution < -0.4 is 5.73 Å². The summed E-state index contributed by atoms with van der Waals surface area (Å²) in [4.78, 5) is 48.7. The summed E-state index contributed by atoms with van der Waals surface area (Å²) in [5, 5.41) is 1.50. The Morgan fingerprint density at radius 1 is 1.22 bits per heavy atom. The van der Waals surface area contributed by atoms with Gasteiger partial charge in [-0.1, -0.05) is 18.2 Å². The van der Waals surface area contributed by atoms with Gasteiger partial charge in [0.2, 0.25) is 0 Å². The molecule has 9 nitrogen and oxygen atoms in total. The van der Waals surface area contributed by atoms with Crippen molar-refractivity contribution < 1.29 is 19.1 Å². The predicted octanol–water partition coefficient (Wildman–Crippen LogP) is 2.75. The van der Waals surface area contributed by atoms with E-state index >= 15 is 0 Å². The predicted molar refractivity (Wildman–Crippen MR) is 140 cm³/mol. The second-order valence-corrected chi connectivity index (χ2v) is 11.0. The molecule has 2 fully saturated rings. The molecule has 0 saturated carbocycles. The van der Waals surface area contributed by atoms with Gasteiger partial charge in [-0.2, -0.15) is 0 Å². The second kappa shape index (κ2) is 9.82. The fraction of sp³-hybridized carbons (Fsp3) is 0.538. The minimum Gasteiger partial charge on any atom is -0.464 e. The Labute approximate surface area is 214 Å². The number of nitrogens with zero attached hydrogens (tertiary/aromatic N) is 4. The smallest absolute Gasteiger partial charge is 0.302 e. The number of thiophene rings is 1. The molecule has 1 atom stereocenters. The molecule has 1 unspecified atom stereocenters. The number of aliphatic imine (C=N–C) groups is 1. The Kier molecular flexibility index (Phi) is 6.74. The van der Waals surface area contributed by atoms with Crippen LogP contribution in [-0.2, 0) is 14.3 Å². The third-order valence-corrected chi connectivity index (χ3v) is 8.63. The number of likely N-dealkylation sites (tertiary alicyclic amines) is 2. The van der Waals surface area contributed by atoms with Crippen molar-refractivity contribution in [3.05, 3.63) is 29.8 Å². The standard InChI is InChI=1S/C26H33N5O4S/c1-17-28-26(25(34)31(17)14-15-35-18(2)32)10-5-11-30(16-26)19-8-12-29(13-9-19)24(33)22-20-6-3-4-7-21(20)36-23(22)27/h3-4,6-7,19H,5,8-16,27H2,1-2H3. The molecular formula is C26H33N5O4S. The molecule has 0 bridgehead atoms. The summed E-state index contributed by atoms with van der Waals surface area (Å²) in [5.41, 5.74) is 6.11. The number of amidine groups is 1. The summed E-state index contributed by atoms with van der Waals surface area (Å²) >= 11 is 1.46. The van der Waals surface area contributed by atoms with Crippen LogP contribution >= 0.6 is 11.3 Å². The summed E-state index contributed by atoms with van der Waals surface area (Å²) in [7, 11) is 0. The van der Waals surface area contributed by atoms with E-state index in [-0.39, 0.29) is 24.4 Å². The molecule has 2 saturated heterocycles. The fourth-order valence-corrected chi connectivity index (χ4v) is 6.85. The Morgan fingerprint density at radius 2 is 1.97 bits per heavy atom. The molecule has 5 rings (SSSR count). The molecule has 0 radical (unpaired) electrons. The molecule has 36 heavy (non-hydrogen) atoms. The van der Waals surface area contributed by atoms with Crippen LogP contribution in [0.1, 0.15) is 49.9 Å². The number of amides is 2. The van der Waals surface area contributed by atoms with E-state index < -0.39 is 5.54 Å². The van der Waals surface area contributed by atoms with Crippen LogP contribution in [-0.4, -0.2) is 89.2 Å². The number of anilines is 1. The van der Waals surface area contributed by atoms with E-state index in [4.69, 9.17) is 15.5 Å². The van der Waals surface area contributed by atoms with Gasteiger partial charge in [0.1, 0.15) is 12.4 Å². The topological polar surface area (TPSA) is 109 Å². The van der Waals surface area contributed by atoms with Gasteiger partial charge >= 0.3 is 5.97 Å². The van der Waals surface area contributed by atoms with Crippen molar-refractivity contribution in [3.8, 4) is 0 Å². The number of nitrogens with two attached hydrogens (primary N) is 1. The number of nitrogen functional groups attached to an aromatic ring is 1. The van der Waals surface area contributed by atoms with E-state index in [2.05, 4.69) is 4.90 Å². The SMILES string of the molecule is CC(=O)OCCN1C(=O)C2(CCCN(C3CCN(C(=O)c4c(N)sc5ccccc45)CC3)C2)N=C1C. The maximum absolute atomic E-state index is 13.4. The zero-order valence-electron chi connectivity index (χ0n) is 20.9. The van der Waals surface area contributed by atoms with Crippen LogP contribution in [0.15, 0.2) is 29.3 Å². The molecule has 1 aromatic heterocycles. The molecule has 10 heteroatoms. The number of ether oxygens (including phenoxy) is 1. The zero-order valence-corrected chi connectivity index (χ0v) is 21.7. The van der Waals surface area contributed by atoms with Gasteiger partial charge in [0.15, 0.2) is 5.54 Å². The molecule has 3 aliphatic rings. The molecule has 192 valence electrons. The lowest BCUT2D eigenvalue weighted by atomic mass is 9.87. The van der Waals surface area contributed by atoms with Crippen LogP contribution in [0.5, 0.6) is 0 Å². The first-order chi connectivity index (χ1) is 17.3. The van der Waals surface area contributed by atoms with Gasteiger partial charge < -0.3 is 15.4 Å². The van der Waals surface area contributed by atoms with Gasteiger partial charge in [-0.3, -0.25) is 29.2 Å². The van der Waals surface area contributed by atoms with Crippen molar-refractivity contribution in [1.82, 2.24) is 14.7 Å². The number of fused-ring (bicyclic) bond motifs is 1. The first-order valence-corrected chi connectivity index (χ1v) is 13.4. The van der Waals surface area contributed by atoms with Gasteiger partial charge in [0.05, 0.1) is 17.1 Å². The highest BCUT2D eigenvalue weighted by molar-refractivity contribution is 7.23. The maximum atomic E-state index is 13.4. The van der Waals surface area contributed by atoms with Crippen LogP contribution in [0.25, 0.3) is 10.1 Å². The molecule has 2 aromatic rings. The van der Waals surface area contributed by atoms with E-state index in [9.17, 15) is 14.4 Å². The molecular weight excluding hydrogens is 478 g/mol. The van der Waals surface area contributed by atoms with Crippen molar-refractivity contribution >= 4 is 50.0 Å². The number of carbonyl (C=O) groups excluding carboxylic acids is 3. The maximum Gasteiger partial charge on any atom is 0.302 e. The first kappa shape index (κ1) is 24.7. The molecule has 1 aromatic carbocycles. The Bertz CT molecular complexity index is 1220. The highest BCUT2D eigenvalue weighted by atomic mass is 32.1. The number of hydrogen-bond donors (Lipinski definition) is 1. The Morgan fingerprint density at radius 3 is 2.72 bits per heavy atom. The lowest BCUT2D eigenvalue weighted by molar-refractivity contribution is -0.143. The number of benzene rings is 1. The van der Waals surface area contributed by atoms with Crippen LogP contribution in [0.4, 0.5) is 5.00 Å². The number of esters is 1. The lowest BCUT2D eigenvalue weighted by Crippen LogP contribution is -2.57. The Hall–Kier alpha value is -2.98. The van der Waals surface area contributed by atoms with E-state index in [1.54, 1.807) is 4.90 Å². The van der Waals surface area contributed by atoms with Crippen molar-refractivity contribution in [3.63, 3.8) is 0 Å². The highest BCUT2D eigenvalue weighted by Gasteiger charge is 2.50. The minimum absolute atomic E-state index is 0.00396. The number of hydrogen-bond acceptors (Lipinski definition) is 8. The quantitative estimate of drug-likeness (QED) is 0.619. The average molecular weight is 512 g/mol. The van der Waals surface area contributed by atoms with Gasteiger partial charge in [-0.05, 0) is 45.2 Å². The summed E-state index contributed by atoms with van der Waals surface area (Å²) in [5.74, 6) is 0.349. The van der Waals surface area contributed by atoms with E-state index in [0.29, 0.717) is 48.6 Å². The first-order valence-electron chi connectivity index (χ1n) is 12.6. The monoisotopic (exact) mass is 511 g/mol. The summed E-state index contributed by atoms with van der Waals surface area (Å²) in [6.45, 7) is 6.57. The number of carbonyl (C=O) groups is 3. The molecule has 2 N–H and O–H groups in total. The summed E-state index contributed by atoms with van der Waals surface area (Å²) < 4.78 is 6.08. The van der Waals surface area contributed by atoms with Crippen molar-refractivity contribution in [2.24, 2.45) is 4.99 Å².